The number of rotatable bonds is 3. The van der Waals surface area contributed by atoms with E-state index in [0.29, 0.717) is 18.0 Å². The van der Waals surface area contributed by atoms with Crippen molar-refractivity contribution in [3.05, 3.63) is 28.8 Å². The van der Waals surface area contributed by atoms with Crippen molar-refractivity contribution >= 4 is 11.6 Å². The van der Waals surface area contributed by atoms with E-state index in [1.165, 1.54) is 6.07 Å². The van der Waals surface area contributed by atoms with Gasteiger partial charge in [0.15, 0.2) is 0 Å². The van der Waals surface area contributed by atoms with Gasteiger partial charge in [-0.1, -0.05) is 17.7 Å². The first-order chi connectivity index (χ1) is 6.15. The molecule has 1 rings (SSSR count). The molecule has 0 radical (unpaired) electrons. The molecule has 0 aliphatic carbocycles. The average Bonchev–Trinajstić information content (AvgIpc) is 2.10. The lowest BCUT2D eigenvalue weighted by Gasteiger charge is -2.10. The first-order valence-corrected chi connectivity index (χ1v) is 4.47. The van der Waals surface area contributed by atoms with Crippen LogP contribution in [0.1, 0.15) is 18.0 Å². The molecule has 3 nitrogen and oxygen atoms in total. The third-order valence-electron chi connectivity index (χ3n) is 1.88. The van der Waals surface area contributed by atoms with Crippen LogP contribution in [0.15, 0.2) is 18.2 Å². The van der Waals surface area contributed by atoms with Gasteiger partial charge in [-0.25, -0.2) is 0 Å². The monoisotopic (exact) mass is 200 g/mol. The van der Waals surface area contributed by atoms with Crippen molar-refractivity contribution in [1.29, 1.82) is 0 Å². The maximum Gasteiger partial charge on any atom is 0.134 e. The molecule has 0 bridgehead atoms. The predicted molar refractivity (Wildman–Crippen MR) is 53.7 cm³/mol. The van der Waals surface area contributed by atoms with Crippen molar-refractivity contribution in [1.82, 2.24) is 0 Å². The van der Waals surface area contributed by atoms with Gasteiger partial charge >= 0.3 is 0 Å². The summed E-state index contributed by atoms with van der Waals surface area (Å²) < 4.78 is 0. The molecule has 13 heavy (non-hydrogen) atoms. The van der Waals surface area contributed by atoms with Crippen molar-refractivity contribution in [2.75, 3.05) is 6.54 Å². The molecule has 0 heterocycles. The van der Waals surface area contributed by atoms with Crippen molar-refractivity contribution in [3.63, 3.8) is 0 Å². The molecule has 0 aliphatic heterocycles. The number of phenols is 1. The van der Waals surface area contributed by atoms with E-state index in [9.17, 15) is 0 Å². The van der Waals surface area contributed by atoms with Gasteiger partial charge in [0.2, 0.25) is 0 Å². The molecule has 1 aromatic rings. The zero-order chi connectivity index (χ0) is 9.84. The lowest BCUT2D eigenvalue weighted by Crippen LogP contribution is -2.15. The summed E-state index contributed by atoms with van der Waals surface area (Å²) in [6.45, 7) is 0.541. The minimum atomic E-state index is -0.108. The average molecular weight is 201 g/mol. The van der Waals surface area contributed by atoms with E-state index in [-0.39, 0.29) is 11.8 Å². The normalized spacial score (nSPS) is 12.8. The molecule has 0 fully saturated rings. The third-order valence-corrected chi connectivity index (χ3v) is 2.18. The Morgan fingerprint density at radius 3 is 2.69 bits per heavy atom. The summed E-state index contributed by atoms with van der Waals surface area (Å²) in [5.41, 5.74) is 12.1. The summed E-state index contributed by atoms with van der Waals surface area (Å²) >= 11 is 5.72. The van der Waals surface area contributed by atoms with Gasteiger partial charge in [0.25, 0.3) is 0 Å². The fourth-order valence-corrected chi connectivity index (χ4v) is 1.29. The number of benzene rings is 1. The zero-order valence-electron chi connectivity index (χ0n) is 7.20. The van der Waals surface area contributed by atoms with Crippen molar-refractivity contribution in [2.24, 2.45) is 11.5 Å². The first-order valence-electron chi connectivity index (χ1n) is 4.09. The minimum absolute atomic E-state index is 0.0744. The van der Waals surface area contributed by atoms with E-state index in [4.69, 9.17) is 28.2 Å². The highest BCUT2D eigenvalue weighted by molar-refractivity contribution is 6.32. The number of hydrogen-bond donors (Lipinski definition) is 3. The van der Waals surface area contributed by atoms with Gasteiger partial charge in [0.05, 0.1) is 5.02 Å². The minimum Gasteiger partial charge on any atom is -0.506 e. The lowest BCUT2D eigenvalue weighted by atomic mass is 10.0. The molecule has 0 spiro atoms. The van der Waals surface area contributed by atoms with Crippen LogP contribution in [-0.4, -0.2) is 11.7 Å². The standard InChI is InChI=1S/C9H13ClN2O/c10-7-5-6(1-2-9(7)13)8(12)3-4-11/h1-2,5,8,13H,3-4,11-12H2/t8-/m0/s1. The number of nitrogens with two attached hydrogens (primary N) is 2. The summed E-state index contributed by atoms with van der Waals surface area (Å²) in [6, 6.07) is 4.84. The molecule has 72 valence electrons. The number of hydrogen-bond acceptors (Lipinski definition) is 3. The van der Waals surface area contributed by atoms with Crippen molar-refractivity contribution in [3.8, 4) is 5.75 Å². The molecular formula is C9H13ClN2O. The Morgan fingerprint density at radius 1 is 1.46 bits per heavy atom. The molecule has 1 atom stereocenters. The molecule has 0 aliphatic rings. The number of halogens is 1. The predicted octanol–water partition coefficient (Wildman–Crippen LogP) is 1.39. The molecule has 0 aromatic heterocycles. The molecule has 0 saturated carbocycles. The summed E-state index contributed by atoms with van der Waals surface area (Å²) in [4.78, 5) is 0. The Labute approximate surface area is 82.3 Å². The molecule has 0 saturated heterocycles. The second-order valence-corrected chi connectivity index (χ2v) is 3.30. The summed E-state index contributed by atoms with van der Waals surface area (Å²) in [6.07, 6.45) is 0.709. The fraction of sp³-hybridized carbons (Fsp3) is 0.333. The van der Waals surface area contributed by atoms with Gasteiger partial charge in [-0.3, -0.25) is 0 Å². The molecule has 0 amide bonds. The van der Waals surface area contributed by atoms with Crippen LogP contribution in [0.25, 0.3) is 0 Å². The second kappa shape index (κ2) is 4.46. The Hall–Kier alpha value is -0.770. The number of phenolic OH excluding ortho intramolecular Hbond substituents is 1. The Kier molecular flexibility index (Phi) is 3.54. The Morgan fingerprint density at radius 2 is 2.15 bits per heavy atom. The van der Waals surface area contributed by atoms with Crippen LogP contribution < -0.4 is 11.5 Å². The Bertz CT molecular complexity index is 291. The smallest absolute Gasteiger partial charge is 0.134 e. The third kappa shape index (κ3) is 2.59. The maximum atomic E-state index is 9.16. The largest absolute Gasteiger partial charge is 0.506 e. The van der Waals surface area contributed by atoms with Gasteiger partial charge in [-0.05, 0) is 30.7 Å². The highest BCUT2D eigenvalue weighted by atomic mass is 35.5. The Balaban J connectivity index is 2.84. The molecule has 1 aromatic carbocycles. The second-order valence-electron chi connectivity index (χ2n) is 2.89. The van der Waals surface area contributed by atoms with Crippen LogP contribution in [-0.2, 0) is 0 Å². The van der Waals surface area contributed by atoms with Gasteiger partial charge in [-0.15, -0.1) is 0 Å². The fourth-order valence-electron chi connectivity index (χ4n) is 1.10. The van der Waals surface area contributed by atoms with E-state index < -0.39 is 0 Å². The quantitative estimate of drug-likeness (QED) is 0.691. The van der Waals surface area contributed by atoms with E-state index in [0.717, 1.165) is 5.56 Å². The highest BCUT2D eigenvalue weighted by Gasteiger charge is 2.06. The summed E-state index contributed by atoms with van der Waals surface area (Å²) in [5.74, 6) is 0.0744. The summed E-state index contributed by atoms with van der Waals surface area (Å²) in [5, 5.41) is 9.48. The van der Waals surface area contributed by atoms with E-state index >= 15 is 0 Å². The van der Waals surface area contributed by atoms with Gasteiger partial charge in [0, 0.05) is 6.04 Å². The van der Waals surface area contributed by atoms with Gasteiger partial charge in [0.1, 0.15) is 5.75 Å². The van der Waals surface area contributed by atoms with Gasteiger partial charge < -0.3 is 16.6 Å². The molecule has 0 unspecified atom stereocenters. The molecular weight excluding hydrogens is 188 g/mol. The zero-order valence-corrected chi connectivity index (χ0v) is 7.96. The topological polar surface area (TPSA) is 72.3 Å². The highest BCUT2D eigenvalue weighted by Crippen LogP contribution is 2.26. The van der Waals surface area contributed by atoms with E-state index in [1.54, 1.807) is 12.1 Å². The summed E-state index contributed by atoms with van der Waals surface area (Å²) in [7, 11) is 0. The van der Waals surface area contributed by atoms with Crippen LogP contribution in [0.2, 0.25) is 5.02 Å². The van der Waals surface area contributed by atoms with Crippen molar-refractivity contribution < 1.29 is 5.11 Å². The van der Waals surface area contributed by atoms with Gasteiger partial charge in [-0.2, -0.15) is 0 Å². The van der Waals surface area contributed by atoms with Crippen molar-refractivity contribution in [2.45, 2.75) is 12.5 Å². The van der Waals surface area contributed by atoms with E-state index in [2.05, 4.69) is 0 Å². The van der Waals surface area contributed by atoms with Crippen LogP contribution in [0.3, 0.4) is 0 Å². The van der Waals surface area contributed by atoms with E-state index in [1.807, 2.05) is 0 Å². The molecule has 5 N–H and O–H groups in total. The van der Waals surface area contributed by atoms with Crippen LogP contribution >= 0.6 is 11.6 Å². The lowest BCUT2D eigenvalue weighted by molar-refractivity contribution is 0.475. The first kappa shape index (κ1) is 10.3. The van der Waals surface area contributed by atoms with Crippen LogP contribution in [0.4, 0.5) is 0 Å². The SMILES string of the molecule is NCC[C@H](N)c1ccc(O)c(Cl)c1. The maximum absolute atomic E-state index is 9.16. The van der Waals surface area contributed by atoms with Crippen LogP contribution in [0, 0.1) is 0 Å². The molecule has 4 heteroatoms. The van der Waals surface area contributed by atoms with Crippen LogP contribution in [0.5, 0.6) is 5.75 Å². The number of aromatic hydroxyl groups is 1.